The van der Waals surface area contributed by atoms with Crippen LogP contribution in [-0.4, -0.2) is 27.3 Å². The van der Waals surface area contributed by atoms with Crippen molar-refractivity contribution in [3.63, 3.8) is 0 Å². The first-order valence-corrected chi connectivity index (χ1v) is 8.84. The van der Waals surface area contributed by atoms with Crippen molar-refractivity contribution in [2.45, 2.75) is 18.9 Å². The highest BCUT2D eigenvalue weighted by Gasteiger charge is 2.33. The van der Waals surface area contributed by atoms with Gasteiger partial charge in [-0.05, 0) is 47.0 Å². The van der Waals surface area contributed by atoms with Gasteiger partial charge >= 0.3 is 0 Å². The lowest BCUT2D eigenvalue weighted by Gasteiger charge is -2.22. The summed E-state index contributed by atoms with van der Waals surface area (Å²) in [7, 11) is 0. The Morgan fingerprint density at radius 3 is 3.05 bits per heavy atom. The molecule has 1 unspecified atom stereocenters. The molecule has 4 rings (SSSR count). The number of aromatic nitrogens is 2. The van der Waals surface area contributed by atoms with Gasteiger partial charge < -0.3 is 9.88 Å². The molecule has 0 spiro atoms. The number of thiazole rings is 1. The van der Waals surface area contributed by atoms with Gasteiger partial charge in [0.2, 0.25) is 0 Å². The zero-order valence-electron chi connectivity index (χ0n) is 11.8. The quantitative estimate of drug-likeness (QED) is 0.722. The lowest BCUT2D eigenvalue weighted by atomic mass is 10.2. The van der Waals surface area contributed by atoms with Gasteiger partial charge in [-0.25, -0.2) is 4.98 Å². The average molecular weight is 376 g/mol. The van der Waals surface area contributed by atoms with E-state index in [9.17, 15) is 4.79 Å². The van der Waals surface area contributed by atoms with E-state index in [0.717, 1.165) is 34.4 Å². The number of amides is 1. The van der Waals surface area contributed by atoms with Crippen LogP contribution in [0.25, 0.3) is 10.2 Å². The summed E-state index contributed by atoms with van der Waals surface area (Å²) in [6.45, 7) is 0.788. The number of para-hydroxylation sites is 1. The number of carbonyl (C=O) groups excluding carboxylic acids is 1. The second kappa shape index (κ2) is 5.52. The first kappa shape index (κ1) is 14.0. The molecule has 4 nitrogen and oxygen atoms in total. The van der Waals surface area contributed by atoms with E-state index in [0.29, 0.717) is 5.69 Å². The fourth-order valence-electron chi connectivity index (χ4n) is 2.95. The molecule has 3 aromatic rings. The maximum atomic E-state index is 12.7. The van der Waals surface area contributed by atoms with Crippen LogP contribution < -0.4 is 0 Å². The number of hydrogen-bond acceptors (Lipinski definition) is 3. The van der Waals surface area contributed by atoms with Gasteiger partial charge in [0, 0.05) is 17.2 Å². The van der Waals surface area contributed by atoms with Crippen LogP contribution in [0.5, 0.6) is 0 Å². The number of benzene rings is 1. The normalized spacial score (nSPS) is 18.2. The van der Waals surface area contributed by atoms with Gasteiger partial charge in [-0.15, -0.1) is 11.3 Å². The van der Waals surface area contributed by atoms with Crippen molar-refractivity contribution >= 4 is 43.4 Å². The maximum Gasteiger partial charge on any atom is 0.270 e. The fourth-order valence-corrected chi connectivity index (χ4v) is 4.40. The van der Waals surface area contributed by atoms with Crippen LogP contribution in [0.2, 0.25) is 0 Å². The highest BCUT2D eigenvalue weighted by atomic mass is 79.9. The highest BCUT2D eigenvalue weighted by Crippen LogP contribution is 2.37. The van der Waals surface area contributed by atoms with Crippen molar-refractivity contribution in [3.05, 3.63) is 51.7 Å². The van der Waals surface area contributed by atoms with Crippen LogP contribution in [0.1, 0.15) is 34.4 Å². The Kier molecular flexibility index (Phi) is 3.50. The molecule has 1 aromatic carbocycles. The van der Waals surface area contributed by atoms with Crippen LogP contribution >= 0.6 is 27.3 Å². The number of rotatable bonds is 2. The van der Waals surface area contributed by atoms with E-state index in [4.69, 9.17) is 4.98 Å². The first-order chi connectivity index (χ1) is 10.7. The van der Waals surface area contributed by atoms with Gasteiger partial charge in [0.1, 0.15) is 10.7 Å². The van der Waals surface area contributed by atoms with E-state index in [1.807, 2.05) is 29.2 Å². The van der Waals surface area contributed by atoms with Crippen molar-refractivity contribution < 1.29 is 4.79 Å². The Hall–Kier alpha value is -1.66. The number of hydrogen-bond donors (Lipinski definition) is 1. The number of fused-ring (bicyclic) bond motifs is 1. The molecule has 3 heterocycles. The Bertz CT molecular complexity index is 808. The molecule has 1 saturated heterocycles. The summed E-state index contributed by atoms with van der Waals surface area (Å²) in [4.78, 5) is 22.4. The third-order valence-electron chi connectivity index (χ3n) is 3.99. The average Bonchev–Trinajstić information content (AvgIpc) is 3.24. The van der Waals surface area contributed by atoms with E-state index in [1.54, 1.807) is 17.5 Å². The minimum atomic E-state index is 0.0486. The molecular weight excluding hydrogens is 362 g/mol. The van der Waals surface area contributed by atoms with Gasteiger partial charge in [0.15, 0.2) is 0 Å². The van der Waals surface area contributed by atoms with Crippen molar-refractivity contribution in [3.8, 4) is 0 Å². The molecule has 1 atom stereocenters. The molecule has 0 bridgehead atoms. The Morgan fingerprint density at radius 1 is 1.41 bits per heavy atom. The molecule has 112 valence electrons. The smallest absolute Gasteiger partial charge is 0.270 e. The summed E-state index contributed by atoms with van der Waals surface area (Å²) in [5.41, 5.74) is 1.64. The van der Waals surface area contributed by atoms with Crippen molar-refractivity contribution in [1.82, 2.24) is 14.9 Å². The minimum absolute atomic E-state index is 0.0486. The predicted molar refractivity (Wildman–Crippen MR) is 91.1 cm³/mol. The second-order valence-corrected chi connectivity index (χ2v) is 7.39. The molecule has 0 aliphatic carbocycles. The van der Waals surface area contributed by atoms with Crippen LogP contribution in [0, 0.1) is 0 Å². The summed E-state index contributed by atoms with van der Waals surface area (Å²) in [6, 6.07) is 10.1. The molecular formula is C16H14BrN3OS. The molecule has 1 aliphatic rings. The topological polar surface area (TPSA) is 49.0 Å². The Labute approximate surface area is 140 Å². The van der Waals surface area contributed by atoms with E-state index in [2.05, 4.69) is 27.0 Å². The third-order valence-corrected chi connectivity index (χ3v) is 5.58. The van der Waals surface area contributed by atoms with Gasteiger partial charge in [0.25, 0.3) is 5.91 Å². The Balaban J connectivity index is 1.67. The van der Waals surface area contributed by atoms with Crippen LogP contribution in [0.15, 0.2) is 41.0 Å². The van der Waals surface area contributed by atoms with E-state index in [-0.39, 0.29) is 11.9 Å². The maximum absolute atomic E-state index is 12.7. The number of aromatic amines is 1. The number of halogens is 1. The van der Waals surface area contributed by atoms with Crippen molar-refractivity contribution in [2.75, 3.05) is 6.54 Å². The second-order valence-electron chi connectivity index (χ2n) is 5.41. The van der Waals surface area contributed by atoms with Crippen molar-refractivity contribution in [1.29, 1.82) is 0 Å². The molecule has 0 saturated carbocycles. The minimum Gasteiger partial charge on any atom is -0.356 e. The van der Waals surface area contributed by atoms with E-state index >= 15 is 0 Å². The lowest BCUT2D eigenvalue weighted by Crippen LogP contribution is -2.30. The third kappa shape index (κ3) is 2.36. The first-order valence-electron chi connectivity index (χ1n) is 7.23. The van der Waals surface area contributed by atoms with E-state index in [1.165, 1.54) is 4.70 Å². The summed E-state index contributed by atoms with van der Waals surface area (Å²) in [5.74, 6) is 0.0486. The van der Waals surface area contributed by atoms with E-state index < -0.39 is 0 Å². The zero-order valence-corrected chi connectivity index (χ0v) is 14.2. The number of likely N-dealkylation sites (tertiary alicyclic amines) is 1. The van der Waals surface area contributed by atoms with Gasteiger partial charge in [0.05, 0.1) is 16.3 Å². The predicted octanol–water partition coefficient (Wildman–Crippen LogP) is 4.36. The highest BCUT2D eigenvalue weighted by molar-refractivity contribution is 9.10. The standard InChI is InChI=1S/C16H14BrN3OS/c17-10-8-12(18-9-10)16(21)20-7-3-5-13(20)15-19-11-4-1-2-6-14(11)22-15/h1-2,4,6,8-9,13,18H,3,5,7H2. The zero-order chi connectivity index (χ0) is 15.1. The molecule has 0 radical (unpaired) electrons. The van der Waals surface area contributed by atoms with Crippen LogP contribution in [-0.2, 0) is 0 Å². The summed E-state index contributed by atoms with van der Waals surface area (Å²) < 4.78 is 2.08. The van der Waals surface area contributed by atoms with Crippen LogP contribution in [0.3, 0.4) is 0 Å². The molecule has 1 fully saturated rings. The Morgan fingerprint density at radius 2 is 2.27 bits per heavy atom. The molecule has 1 N–H and O–H groups in total. The fraction of sp³-hybridized carbons (Fsp3) is 0.250. The van der Waals surface area contributed by atoms with Crippen LogP contribution in [0.4, 0.5) is 0 Å². The summed E-state index contributed by atoms with van der Waals surface area (Å²) in [5, 5.41) is 1.04. The summed E-state index contributed by atoms with van der Waals surface area (Å²) in [6.07, 6.45) is 3.79. The largest absolute Gasteiger partial charge is 0.356 e. The van der Waals surface area contributed by atoms with Gasteiger partial charge in [-0.2, -0.15) is 0 Å². The molecule has 1 amide bonds. The monoisotopic (exact) mass is 375 g/mol. The van der Waals surface area contributed by atoms with Crippen molar-refractivity contribution in [2.24, 2.45) is 0 Å². The van der Waals surface area contributed by atoms with Gasteiger partial charge in [-0.1, -0.05) is 12.1 Å². The van der Waals surface area contributed by atoms with Gasteiger partial charge in [-0.3, -0.25) is 4.79 Å². The number of nitrogens with zero attached hydrogens (tertiary/aromatic N) is 2. The SMILES string of the molecule is O=C(c1cc(Br)c[nH]1)N1CCCC1c1nc2ccccc2s1. The number of carbonyl (C=O) groups is 1. The summed E-state index contributed by atoms with van der Waals surface area (Å²) >= 11 is 5.07. The molecule has 2 aromatic heterocycles. The molecule has 6 heteroatoms. The lowest BCUT2D eigenvalue weighted by molar-refractivity contribution is 0.0730. The molecule has 22 heavy (non-hydrogen) atoms. The molecule has 1 aliphatic heterocycles. The number of nitrogens with one attached hydrogen (secondary N) is 1. The number of H-pyrrole nitrogens is 1.